The predicted octanol–water partition coefficient (Wildman–Crippen LogP) is 5.91. The smallest absolute Gasteiger partial charge is 0.373 e. The van der Waals surface area contributed by atoms with E-state index >= 15 is 0 Å². The van der Waals surface area contributed by atoms with Crippen LogP contribution in [0.5, 0.6) is 5.75 Å². The second kappa shape index (κ2) is 10.5. The van der Waals surface area contributed by atoms with Gasteiger partial charge >= 0.3 is 6.15 Å². The summed E-state index contributed by atoms with van der Waals surface area (Å²) in [6.45, 7) is 3.81. The fourth-order valence-corrected chi connectivity index (χ4v) is 4.49. The highest BCUT2D eigenvalue weighted by Gasteiger charge is 2.16. The van der Waals surface area contributed by atoms with Crippen LogP contribution in [0.1, 0.15) is 27.0 Å². The van der Waals surface area contributed by atoms with Gasteiger partial charge in [-0.2, -0.15) is 9.59 Å². The molecule has 0 aliphatic carbocycles. The van der Waals surface area contributed by atoms with Gasteiger partial charge in [-0.1, -0.05) is 29.3 Å². The van der Waals surface area contributed by atoms with Gasteiger partial charge in [0, 0.05) is 21.5 Å². The Kier molecular flexibility index (Phi) is 8.32. The molecule has 1 aromatic carbocycles. The highest BCUT2D eigenvalue weighted by atomic mass is 35.5. The van der Waals surface area contributed by atoms with Crippen LogP contribution in [0.15, 0.2) is 40.7 Å². The van der Waals surface area contributed by atoms with Gasteiger partial charge in [0.2, 0.25) is 0 Å². The molecule has 0 saturated carbocycles. The van der Waals surface area contributed by atoms with E-state index < -0.39 is 0 Å². The normalized spacial score (nSPS) is 10.8. The van der Waals surface area contributed by atoms with Crippen molar-refractivity contribution in [2.45, 2.75) is 13.8 Å². The standard InChI is InChI=1S/C19H15Cl2NO2S2.CO2/c1-10-3-6-17(26-10)16(23)8-22-11(2)13-9-25-19(18(13)24)12-4-5-14(20)15(21)7-12;2-1-3/h3-7,9,24H,8H2,1-2H3;. The van der Waals surface area contributed by atoms with E-state index in [1.54, 1.807) is 25.1 Å². The number of carbonyl (C=O) groups excluding carboxylic acids is 3. The number of Topliss-reactive ketones (excluding diaryl/α,β-unsaturated/α-hetero) is 1. The zero-order valence-electron chi connectivity index (χ0n) is 15.4. The topological polar surface area (TPSA) is 83.8 Å². The van der Waals surface area contributed by atoms with Crippen molar-refractivity contribution in [3.63, 3.8) is 0 Å². The summed E-state index contributed by atoms with van der Waals surface area (Å²) in [5, 5.41) is 13.3. The summed E-state index contributed by atoms with van der Waals surface area (Å²) in [7, 11) is 0. The quantitative estimate of drug-likeness (QED) is 0.373. The SMILES string of the molecule is CC(=NCC(=O)c1ccc(C)s1)c1csc(-c2ccc(Cl)c(Cl)c2)c1O.O=C=O. The second-order valence-electron chi connectivity index (χ2n) is 5.77. The number of benzene rings is 1. The maximum absolute atomic E-state index is 12.2. The molecule has 0 amide bonds. The van der Waals surface area contributed by atoms with Crippen LogP contribution in [-0.2, 0) is 9.59 Å². The number of aryl methyl sites for hydroxylation is 1. The van der Waals surface area contributed by atoms with Crippen molar-refractivity contribution >= 4 is 63.5 Å². The number of thiophene rings is 2. The molecule has 0 bridgehead atoms. The van der Waals surface area contributed by atoms with Gasteiger partial charge < -0.3 is 5.11 Å². The van der Waals surface area contributed by atoms with E-state index in [-0.39, 0.29) is 24.2 Å². The zero-order valence-corrected chi connectivity index (χ0v) is 18.5. The first-order chi connectivity index (χ1) is 13.8. The Morgan fingerprint density at radius 2 is 1.86 bits per heavy atom. The van der Waals surface area contributed by atoms with E-state index in [0.717, 1.165) is 10.4 Å². The Balaban J connectivity index is 0.000000941. The van der Waals surface area contributed by atoms with Crippen LogP contribution >= 0.6 is 45.9 Å². The van der Waals surface area contributed by atoms with Gasteiger partial charge in [-0.3, -0.25) is 9.79 Å². The summed E-state index contributed by atoms with van der Waals surface area (Å²) in [6.07, 6.45) is 0.250. The fourth-order valence-electron chi connectivity index (χ4n) is 2.39. The van der Waals surface area contributed by atoms with Crippen LogP contribution in [0.3, 0.4) is 0 Å². The number of hydrogen-bond donors (Lipinski definition) is 1. The van der Waals surface area contributed by atoms with Crippen molar-refractivity contribution < 1.29 is 19.5 Å². The predicted molar refractivity (Wildman–Crippen MR) is 117 cm³/mol. The van der Waals surface area contributed by atoms with Crippen LogP contribution < -0.4 is 0 Å². The van der Waals surface area contributed by atoms with E-state index in [1.165, 1.54) is 22.7 Å². The number of hydrogen-bond acceptors (Lipinski definition) is 7. The molecule has 29 heavy (non-hydrogen) atoms. The first-order valence-corrected chi connectivity index (χ1v) is 10.6. The maximum Gasteiger partial charge on any atom is 0.373 e. The zero-order chi connectivity index (χ0) is 21.6. The summed E-state index contributed by atoms with van der Waals surface area (Å²) in [6, 6.07) is 8.95. The van der Waals surface area contributed by atoms with E-state index in [1.807, 2.05) is 24.4 Å². The number of nitrogens with zero attached hydrogens (tertiary/aromatic N) is 1. The average molecular weight is 468 g/mol. The molecular formula is C20H15Cl2NO4S2. The first-order valence-electron chi connectivity index (χ1n) is 8.14. The lowest BCUT2D eigenvalue weighted by Crippen LogP contribution is -2.04. The molecule has 5 nitrogen and oxygen atoms in total. The number of rotatable bonds is 5. The van der Waals surface area contributed by atoms with Gasteiger partial charge in [0.25, 0.3) is 0 Å². The number of halogens is 2. The van der Waals surface area contributed by atoms with Gasteiger partial charge in [0.1, 0.15) is 12.3 Å². The lowest BCUT2D eigenvalue weighted by atomic mass is 10.1. The molecule has 2 aromatic heterocycles. The van der Waals surface area contributed by atoms with Gasteiger partial charge in [0.15, 0.2) is 5.78 Å². The molecule has 0 radical (unpaired) electrons. The second-order valence-corrected chi connectivity index (χ2v) is 8.76. The van der Waals surface area contributed by atoms with Crippen molar-refractivity contribution in [1.82, 2.24) is 0 Å². The minimum atomic E-state index is -0.0260. The lowest BCUT2D eigenvalue weighted by molar-refractivity contribution is -0.191. The Labute approximate surface area is 185 Å². The Morgan fingerprint density at radius 3 is 2.45 bits per heavy atom. The van der Waals surface area contributed by atoms with Crippen LogP contribution in [-0.4, -0.2) is 29.3 Å². The Hall–Kier alpha value is -2.28. The minimum absolute atomic E-state index is 0.0260. The molecule has 2 heterocycles. The molecule has 0 aliphatic rings. The summed E-state index contributed by atoms with van der Waals surface area (Å²) in [5.41, 5.74) is 2.02. The van der Waals surface area contributed by atoms with Gasteiger partial charge in [0.05, 0.1) is 19.8 Å². The third-order valence-electron chi connectivity index (χ3n) is 3.81. The largest absolute Gasteiger partial charge is 0.506 e. The molecule has 0 saturated heterocycles. The number of carbonyl (C=O) groups is 1. The summed E-state index contributed by atoms with van der Waals surface area (Å²) in [5.74, 6) is 0.107. The van der Waals surface area contributed by atoms with Crippen molar-refractivity contribution in [1.29, 1.82) is 0 Å². The van der Waals surface area contributed by atoms with Crippen molar-refractivity contribution in [2.24, 2.45) is 4.99 Å². The van der Waals surface area contributed by atoms with Crippen LogP contribution in [0, 0.1) is 6.92 Å². The van der Waals surface area contributed by atoms with Gasteiger partial charge in [-0.25, -0.2) is 0 Å². The Bertz CT molecular complexity index is 1100. The monoisotopic (exact) mass is 467 g/mol. The molecule has 150 valence electrons. The third kappa shape index (κ3) is 5.85. The summed E-state index contributed by atoms with van der Waals surface area (Å²) < 4.78 is 0. The summed E-state index contributed by atoms with van der Waals surface area (Å²) in [4.78, 5) is 35.3. The molecule has 9 heteroatoms. The van der Waals surface area contributed by atoms with Gasteiger partial charge in [-0.05, 0) is 43.7 Å². The molecular weight excluding hydrogens is 453 g/mol. The average Bonchev–Trinajstić information content (AvgIpc) is 3.28. The summed E-state index contributed by atoms with van der Waals surface area (Å²) >= 11 is 14.9. The minimum Gasteiger partial charge on any atom is -0.506 e. The Morgan fingerprint density at radius 1 is 1.17 bits per heavy atom. The number of aliphatic imine (C=N–C) groups is 1. The van der Waals surface area contributed by atoms with Crippen LogP contribution in [0.25, 0.3) is 10.4 Å². The maximum atomic E-state index is 12.2. The fraction of sp³-hybridized carbons (Fsp3) is 0.150. The van der Waals surface area contributed by atoms with E-state index in [2.05, 4.69) is 4.99 Å². The lowest BCUT2D eigenvalue weighted by Gasteiger charge is -2.03. The molecule has 0 spiro atoms. The van der Waals surface area contributed by atoms with Crippen molar-refractivity contribution in [2.75, 3.05) is 6.54 Å². The first kappa shape index (κ1) is 23.0. The molecule has 0 atom stereocenters. The molecule has 0 fully saturated rings. The molecule has 0 aliphatic heterocycles. The molecule has 0 unspecified atom stereocenters. The third-order valence-corrected chi connectivity index (χ3v) is 6.61. The van der Waals surface area contributed by atoms with Crippen LogP contribution in [0.2, 0.25) is 10.0 Å². The number of aromatic hydroxyl groups is 1. The van der Waals surface area contributed by atoms with Gasteiger partial charge in [-0.15, -0.1) is 22.7 Å². The molecule has 1 N–H and O–H groups in total. The molecule has 3 rings (SSSR count). The van der Waals surface area contributed by atoms with E-state index in [4.69, 9.17) is 32.8 Å². The highest BCUT2D eigenvalue weighted by molar-refractivity contribution is 7.14. The highest BCUT2D eigenvalue weighted by Crippen LogP contribution is 2.40. The molecule has 3 aromatic rings. The van der Waals surface area contributed by atoms with E-state index in [0.29, 0.717) is 31.1 Å². The number of ketones is 1. The van der Waals surface area contributed by atoms with Crippen LogP contribution in [0.4, 0.5) is 0 Å². The van der Waals surface area contributed by atoms with E-state index in [9.17, 15) is 9.90 Å². The van der Waals surface area contributed by atoms with Crippen molar-refractivity contribution in [3.8, 4) is 16.2 Å². The van der Waals surface area contributed by atoms with Crippen molar-refractivity contribution in [3.05, 3.63) is 61.1 Å².